The summed E-state index contributed by atoms with van der Waals surface area (Å²) in [5, 5.41) is 12.9. The minimum atomic E-state index is -2.78. The number of aldehydes is 1. The number of fused-ring (bicyclic) bond motifs is 1. The third-order valence-electron chi connectivity index (χ3n) is 4.74. The number of aliphatic hydroxyl groups excluding tert-OH is 1. The van der Waals surface area contributed by atoms with E-state index in [4.69, 9.17) is 15.0 Å². The van der Waals surface area contributed by atoms with Crippen LogP contribution in [-0.4, -0.2) is 75.5 Å². The van der Waals surface area contributed by atoms with Crippen molar-refractivity contribution < 1.29 is 28.1 Å². The minimum Gasteiger partial charge on any atom is -0.387 e. The number of alkyl halides is 1. The number of rotatable bonds is 8. The van der Waals surface area contributed by atoms with Crippen LogP contribution in [0.2, 0.25) is 0 Å². The van der Waals surface area contributed by atoms with Gasteiger partial charge in [0, 0.05) is 14.1 Å². The topological polar surface area (TPSA) is 158 Å². The van der Waals surface area contributed by atoms with Gasteiger partial charge in [-0.1, -0.05) is 0 Å². The Kier molecular flexibility index (Phi) is 6.39. The van der Waals surface area contributed by atoms with Crippen LogP contribution in [0.25, 0.3) is 11.2 Å². The van der Waals surface area contributed by atoms with Crippen LogP contribution in [0, 0.1) is 0 Å². The predicted octanol–water partition coefficient (Wildman–Crippen LogP) is 0.0443. The Hall–Kier alpha value is -2.18. The van der Waals surface area contributed by atoms with E-state index in [9.17, 15) is 14.5 Å². The van der Waals surface area contributed by atoms with Crippen molar-refractivity contribution in [3.05, 3.63) is 6.33 Å². The Balaban J connectivity index is 1.85. The number of nitrogen functional groups attached to an aromatic ring is 1. The number of imidazole rings is 1. The molecule has 0 bridgehead atoms. The number of anilines is 2. The smallest absolute Gasteiger partial charge is 0.258 e. The number of nitrogens with two attached hydrogens (primary N) is 1. The molecule has 1 aliphatic rings. The molecule has 2 aromatic heterocycles. The monoisotopic (exact) mass is 445 g/mol. The van der Waals surface area contributed by atoms with Gasteiger partial charge in [0.25, 0.3) is 8.18 Å². The van der Waals surface area contributed by atoms with Crippen LogP contribution in [0.5, 0.6) is 0 Å². The van der Waals surface area contributed by atoms with Crippen LogP contribution >= 0.6 is 8.18 Å². The lowest BCUT2D eigenvalue weighted by molar-refractivity contribution is -0.108. The Morgan fingerprint density at radius 2 is 2.27 bits per heavy atom. The van der Waals surface area contributed by atoms with E-state index in [-0.39, 0.29) is 18.2 Å². The van der Waals surface area contributed by atoms with E-state index in [1.807, 2.05) is 0 Å². The molecule has 0 aromatic carbocycles. The molecule has 2 aromatic rings. The Morgan fingerprint density at radius 3 is 2.90 bits per heavy atom. The predicted molar refractivity (Wildman–Crippen MR) is 107 cm³/mol. The molecule has 0 spiro atoms. The number of aliphatic hydroxyl groups is 1. The largest absolute Gasteiger partial charge is 0.387 e. The van der Waals surface area contributed by atoms with E-state index in [2.05, 4.69) is 20.0 Å². The number of hydrogen-bond donors (Lipinski definition) is 3. The lowest BCUT2D eigenvalue weighted by Gasteiger charge is -2.24. The van der Waals surface area contributed by atoms with Gasteiger partial charge < -0.3 is 29.8 Å². The first kappa shape index (κ1) is 22.5. The molecule has 12 nitrogen and oxygen atoms in total. The highest BCUT2D eigenvalue weighted by Crippen LogP contribution is 2.43. The summed E-state index contributed by atoms with van der Waals surface area (Å²) >= 11 is 0. The molecule has 0 saturated carbocycles. The van der Waals surface area contributed by atoms with E-state index in [1.165, 1.54) is 24.7 Å². The second-order valence-corrected chi connectivity index (χ2v) is 8.57. The summed E-state index contributed by atoms with van der Waals surface area (Å²) in [6.07, 6.45) is -2.08. The number of carbonyl (C=O) groups excluding carboxylic acids is 1. The van der Waals surface area contributed by atoms with Crippen molar-refractivity contribution in [1.29, 1.82) is 0 Å². The summed E-state index contributed by atoms with van der Waals surface area (Å²) in [4.78, 5) is 24.9. The van der Waals surface area contributed by atoms with Gasteiger partial charge in [-0.25, -0.2) is 14.5 Å². The van der Waals surface area contributed by atoms with Gasteiger partial charge in [0.1, 0.15) is 18.5 Å². The highest BCUT2D eigenvalue weighted by Gasteiger charge is 2.55. The third-order valence-corrected chi connectivity index (χ3v) is 5.86. The fraction of sp³-hybridized carbons (Fsp3) is 0.625. The number of carbonyl (C=O) groups is 1. The number of ether oxygens (including phenoxy) is 1. The van der Waals surface area contributed by atoms with Crippen LogP contribution in [0.3, 0.4) is 0 Å². The Bertz CT molecular complexity index is 955. The van der Waals surface area contributed by atoms with Crippen molar-refractivity contribution in [3.8, 4) is 0 Å². The highest BCUT2D eigenvalue weighted by atomic mass is 31.1. The SMILES string of the molecule is C[C@@H](C=O)N[PH](=O)OCC1O[C@@H](n2cnc3c(N(C)C)nc(N)nc32)[C@](C)(F)[C@@H]1O. The van der Waals surface area contributed by atoms with Gasteiger partial charge in [-0.15, -0.1) is 0 Å². The van der Waals surface area contributed by atoms with E-state index in [0.29, 0.717) is 17.6 Å². The third kappa shape index (κ3) is 4.16. The zero-order valence-corrected chi connectivity index (χ0v) is 17.9. The first-order chi connectivity index (χ1) is 14.1. The number of nitrogens with one attached hydrogen (secondary N) is 1. The fourth-order valence-corrected chi connectivity index (χ4v) is 4.01. The van der Waals surface area contributed by atoms with Gasteiger partial charge in [-0.2, -0.15) is 9.97 Å². The summed E-state index contributed by atoms with van der Waals surface area (Å²) < 4.78 is 39.5. The average Bonchev–Trinajstić information content (AvgIpc) is 3.18. The maximum absolute atomic E-state index is 15.5. The van der Waals surface area contributed by atoms with Crippen LogP contribution in [0.4, 0.5) is 16.2 Å². The molecule has 30 heavy (non-hydrogen) atoms. The maximum atomic E-state index is 15.5. The van der Waals surface area contributed by atoms with Gasteiger partial charge in [0.05, 0.1) is 19.0 Å². The van der Waals surface area contributed by atoms with Crippen LogP contribution < -0.4 is 15.7 Å². The Morgan fingerprint density at radius 1 is 1.57 bits per heavy atom. The van der Waals surface area contributed by atoms with Gasteiger partial charge >= 0.3 is 0 Å². The molecule has 2 unspecified atom stereocenters. The molecule has 1 fully saturated rings. The van der Waals surface area contributed by atoms with Crippen LogP contribution in [-0.2, 0) is 18.6 Å². The number of hydrogen-bond acceptors (Lipinski definition) is 10. The lowest BCUT2D eigenvalue weighted by Crippen LogP contribution is -2.40. The van der Waals surface area contributed by atoms with Crippen LogP contribution in [0.15, 0.2) is 6.33 Å². The standard InChI is InChI=1S/C16H25FN7O5P/c1-8(5-25)22-30(27)28-6-9-11(26)16(2,17)14(29-9)24-7-19-10-12(23(3)4)20-15(18)21-13(10)24/h5,7-9,11,14,26,30H,6H2,1-4H3,(H,22,27)(H2,18,20,21)/t8-,9?,11+,14+,16+/m0/s1. The molecule has 1 saturated heterocycles. The molecule has 6 atom stereocenters. The van der Waals surface area contributed by atoms with Gasteiger partial charge in [0.15, 0.2) is 28.9 Å². The molecule has 0 radical (unpaired) electrons. The summed E-state index contributed by atoms with van der Waals surface area (Å²) in [5.74, 6) is 0.421. The maximum Gasteiger partial charge on any atom is 0.258 e. The number of nitrogens with zero attached hydrogens (tertiary/aromatic N) is 5. The molecule has 4 N–H and O–H groups in total. The Labute approximate surface area is 172 Å². The first-order valence-electron chi connectivity index (χ1n) is 9.14. The number of halogens is 1. The molecule has 166 valence electrons. The lowest BCUT2D eigenvalue weighted by atomic mass is 9.98. The quantitative estimate of drug-likeness (QED) is 0.372. The molecular formula is C16H25FN7O5P. The van der Waals surface area contributed by atoms with E-state index in [1.54, 1.807) is 19.0 Å². The molecular weight excluding hydrogens is 420 g/mol. The summed E-state index contributed by atoms with van der Waals surface area (Å²) in [6, 6.07) is -0.668. The number of aromatic nitrogens is 4. The van der Waals surface area contributed by atoms with Crippen molar-refractivity contribution in [1.82, 2.24) is 24.6 Å². The van der Waals surface area contributed by atoms with E-state index >= 15 is 4.39 Å². The molecule has 3 rings (SSSR count). The molecule has 3 heterocycles. The van der Waals surface area contributed by atoms with Crippen molar-refractivity contribution in [3.63, 3.8) is 0 Å². The zero-order valence-electron chi connectivity index (χ0n) is 16.9. The normalized spacial score (nSPS) is 28.5. The first-order valence-corrected chi connectivity index (χ1v) is 10.5. The molecule has 14 heteroatoms. The molecule has 1 aliphatic heterocycles. The van der Waals surface area contributed by atoms with Gasteiger partial charge in [0.2, 0.25) is 5.95 Å². The summed E-state index contributed by atoms with van der Waals surface area (Å²) in [5.41, 5.74) is 4.18. The van der Waals surface area contributed by atoms with Crippen molar-refractivity contribution in [2.45, 2.75) is 44.0 Å². The minimum absolute atomic E-state index is 0.0269. The van der Waals surface area contributed by atoms with Crippen molar-refractivity contribution >= 4 is 37.4 Å². The molecule has 0 aliphatic carbocycles. The zero-order chi connectivity index (χ0) is 22.2. The summed E-state index contributed by atoms with van der Waals surface area (Å²) in [7, 11) is 0.729. The summed E-state index contributed by atoms with van der Waals surface area (Å²) in [6.45, 7) is 2.34. The van der Waals surface area contributed by atoms with E-state index in [0.717, 1.165) is 0 Å². The van der Waals surface area contributed by atoms with Crippen molar-refractivity contribution in [2.24, 2.45) is 0 Å². The second kappa shape index (κ2) is 8.52. The van der Waals surface area contributed by atoms with Gasteiger partial charge in [-0.05, 0) is 13.8 Å². The molecule has 0 amide bonds. The van der Waals surface area contributed by atoms with Gasteiger partial charge in [-0.3, -0.25) is 9.13 Å². The van der Waals surface area contributed by atoms with Crippen LogP contribution in [0.1, 0.15) is 20.1 Å². The second-order valence-electron chi connectivity index (χ2n) is 7.41. The van der Waals surface area contributed by atoms with E-state index < -0.39 is 38.3 Å². The fourth-order valence-electron chi connectivity index (χ4n) is 3.17. The van der Waals surface area contributed by atoms with Crippen molar-refractivity contribution in [2.75, 3.05) is 31.3 Å². The average molecular weight is 445 g/mol. The highest BCUT2D eigenvalue weighted by molar-refractivity contribution is 7.36.